The van der Waals surface area contributed by atoms with Gasteiger partial charge in [0.15, 0.2) is 6.61 Å². The summed E-state index contributed by atoms with van der Waals surface area (Å²) in [6.45, 7) is 3.39. The number of anilines is 2. The summed E-state index contributed by atoms with van der Waals surface area (Å²) in [5.74, 6) is -0.769. The van der Waals surface area contributed by atoms with Crippen molar-refractivity contribution >= 4 is 40.8 Å². The molecule has 0 spiro atoms. The molecule has 0 saturated carbocycles. The molecule has 3 aromatic carbocycles. The van der Waals surface area contributed by atoms with Crippen molar-refractivity contribution in [3.05, 3.63) is 106 Å². The molecule has 0 radical (unpaired) electrons. The number of halogens is 1. The molecule has 0 bridgehead atoms. The number of hydrogen-bond donors (Lipinski definition) is 2. The fourth-order valence-electron chi connectivity index (χ4n) is 3.92. The Morgan fingerprint density at radius 2 is 1.54 bits per heavy atom. The minimum Gasteiger partial charge on any atom is -0.497 e. The lowest BCUT2D eigenvalue weighted by Gasteiger charge is -2.09. The fourth-order valence-corrected chi connectivity index (χ4v) is 4.11. The van der Waals surface area contributed by atoms with Crippen molar-refractivity contribution < 1.29 is 23.9 Å². The van der Waals surface area contributed by atoms with Gasteiger partial charge in [0, 0.05) is 22.0 Å². The highest BCUT2D eigenvalue weighted by Crippen LogP contribution is 2.20. The topological polar surface area (TPSA) is 112 Å². The molecule has 0 fully saturated rings. The molecule has 200 valence electrons. The van der Waals surface area contributed by atoms with Gasteiger partial charge >= 0.3 is 5.97 Å². The van der Waals surface area contributed by atoms with Crippen molar-refractivity contribution in [3.63, 3.8) is 0 Å². The van der Waals surface area contributed by atoms with Gasteiger partial charge in [0.05, 0.1) is 25.0 Å². The number of carbonyl (C=O) groups is 3. The van der Waals surface area contributed by atoms with Crippen LogP contribution in [0.25, 0.3) is 0 Å². The minimum atomic E-state index is -0.642. The number of hydrogen-bond acceptors (Lipinski definition) is 6. The van der Waals surface area contributed by atoms with Crippen molar-refractivity contribution in [1.82, 2.24) is 9.78 Å². The predicted octanol–water partition coefficient (Wildman–Crippen LogP) is 5.26. The van der Waals surface area contributed by atoms with Crippen LogP contribution in [0.15, 0.2) is 72.8 Å². The van der Waals surface area contributed by atoms with Gasteiger partial charge in [-0.3, -0.25) is 14.3 Å². The summed E-state index contributed by atoms with van der Waals surface area (Å²) >= 11 is 6.25. The number of amides is 2. The molecule has 0 aliphatic rings. The normalized spacial score (nSPS) is 10.6. The molecule has 0 unspecified atom stereocenters. The number of aryl methyl sites for hydroxylation is 1. The first-order chi connectivity index (χ1) is 18.7. The summed E-state index contributed by atoms with van der Waals surface area (Å²) in [5.41, 5.74) is 3.78. The Kier molecular flexibility index (Phi) is 8.63. The van der Waals surface area contributed by atoms with Crippen molar-refractivity contribution in [2.45, 2.75) is 20.4 Å². The Balaban J connectivity index is 1.30. The molecular weight excluding hydrogens is 520 g/mol. The third-order valence-corrected chi connectivity index (χ3v) is 6.35. The lowest BCUT2D eigenvalue weighted by molar-refractivity contribution is -0.119. The first kappa shape index (κ1) is 27.4. The number of carbonyl (C=O) groups excluding carboxylic acids is 3. The van der Waals surface area contributed by atoms with Crippen LogP contribution in [0.1, 0.15) is 37.7 Å². The summed E-state index contributed by atoms with van der Waals surface area (Å²) in [4.78, 5) is 37.6. The molecule has 2 amide bonds. The smallest absolute Gasteiger partial charge is 0.342 e. The van der Waals surface area contributed by atoms with E-state index in [4.69, 9.17) is 21.1 Å². The Bertz CT molecular complexity index is 1500. The van der Waals surface area contributed by atoms with E-state index in [2.05, 4.69) is 15.7 Å². The summed E-state index contributed by atoms with van der Waals surface area (Å²) in [6.07, 6.45) is 0. The van der Waals surface area contributed by atoms with E-state index >= 15 is 0 Å². The van der Waals surface area contributed by atoms with Crippen LogP contribution >= 0.6 is 11.6 Å². The van der Waals surface area contributed by atoms with Gasteiger partial charge in [-0.05, 0) is 74.0 Å². The van der Waals surface area contributed by atoms with Crippen LogP contribution in [0.5, 0.6) is 5.75 Å². The number of rotatable bonds is 9. The first-order valence-corrected chi connectivity index (χ1v) is 12.4. The standard InChI is InChI=1S/C29H27ClN4O5/c1-18-27(19(2)34(33-18)16-21-6-4-5-7-25(21)30)29(37)39-17-26(35)31-22-10-8-20(9-11-22)28(36)32-23-12-14-24(38-3)15-13-23/h4-15H,16-17H2,1-3H3,(H,31,35)(H,32,36). The van der Waals surface area contributed by atoms with Gasteiger partial charge in [0.2, 0.25) is 0 Å². The molecule has 39 heavy (non-hydrogen) atoms. The number of ether oxygens (including phenoxy) is 2. The highest BCUT2D eigenvalue weighted by Gasteiger charge is 2.21. The molecule has 4 rings (SSSR count). The first-order valence-electron chi connectivity index (χ1n) is 12.0. The average Bonchev–Trinajstić information content (AvgIpc) is 3.21. The number of methoxy groups -OCH3 is 1. The van der Waals surface area contributed by atoms with E-state index in [0.717, 1.165) is 5.56 Å². The predicted molar refractivity (Wildman–Crippen MR) is 149 cm³/mol. The van der Waals surface area contributed by atoms with Crippen LogP contribution in [-0.2, 0) is 16.1 Å². The molecule has 0 aliphatic carbocycles. The highest BCUT2D eigenvalue weighted by molar-refractivity contribution is 6.31. The largest absolute Gasteiger partial charge is 0.497 e. The quantitative estimate of drug-likeness (QED) is 0.277. The third-order valence-electron chi connectivity index (χ3n) is 5.98. The van der Waals surface area contributed by atoms with Gasteiger partial charge in [0.25, 0.3) is 11.8 Å². The van der Waals surface area contributed by atoms with Crippen LogP contribution < -0.4 is 15.4 Å². The number of nitrogens with zero attached hydrogens (tertiary/aromatic N) is 2. The van der Waals surface area contributed by atoms with Gasteiger partial charge in [-0.25, -0.2) is 4.79 Å². The van der Waals surface area contributed by atoms with Gasteiger partial charge in [-0.2, -0.15) is 5.10 Å². The third kappa shape index (κ3) is 6.82. The fraction of sp³-hybridized carbons (Fsp3) is 0.172. The monoisotopic (exact) mass is 546 g/mol. The maximum absolute atomic E-state index is 12.7. The lowest BCUT2D eigenvalue weighted by Crippen LogP contribution is -2.21. The van der Waals surface area contributed by atoms with E-state index in [-0.39, 0.29) is 5.91 Å². The molecule has 0 saturated heterocycles. The Labute approximate surface area is 230 Å². The van der Waals surface area contributed by atoms with Gasteiger partial charge in [0.1, 0.15) is 11.3 Å². The van der Waals surface area contributed by atoms with Crippen LogP contribution in [0.2, 0.25) is 5.02 Å². The second-order valence-electron chi connectivity index (χ2n) is 8.68. The zero-order chi connectivity index (χ0) is 27.9. The SMILES string of the molecule is COc1ccc(NC(=O)c2ccc(NC(=O)COC(=O)c3c(C)nn(Cc4ccccc4Cl)c3C)cc2)cc1. The number of esters is 1. The molecule has 2 N–H and O–H groups in total. The van der Waals surface area contributed by atoms with Gasteiger partial charge in [-0.15, -0.1) is 0 Å². The van der Waals surface area contributed by atoms with E-state index in [1.54, 1.807) is 80.2 Å². The Morgan fingerprint density at radius 3 is 2.21 bits per heavy atom. The zero-order valence-electron chi connectivity index (χ0n) is 21.7. The number of aromatic nitrogens is 2. The van der Waals surface area contributed by atoms with E-state index in [9.17, 15) is 14.4 Å². The van der Waals surface area contributed by atoms with Crippen LogP contribution in [0.3, 0.4) is 0 Å². The Hall–Kier alpha value is -4.63. The molecule has 0 atom stereocenters. The van der Waals surface area contributed by atoms with E-state index in [1.807, 2.05) is 18.2 Å². The molecule has 9 nitrogen and oxygen atoms in total. The van der Waals surface area contributed by atoms with Crippen molar-refractivity contribution in [3.8, 4) is 5.75 Å². The van der Waals surface area contributed by atoms with Crippen molar-refractivity contribution in [2.75, 3.05) is 24.4 Å². The van der Waals surface area contributed by atoms with E-state index in [1.165, 1.54) is 0 Å². The average molecular weight is 547 g/mol. The summed E-state index contributed by atoms with van der Waals surface area (Å²) in [5, 5.41) is 10.5. The van der Waals surface area contributed by atoms with Gasteiger partial charge < -0.3 is 20.1 Å². The molecule has 0 aliphatic heterocycles. The zero-order valence-corrected chi connectivity index (χ0v) is 22.4. The number of nitrogens with one attached hydrogen (secondary N) is 2. The summed E-state index contributed by atoms with van der Waals surface area (Å²) in [6, 6.07) is 20.7. The molecule has 4 aromatic rings. The molecule has 10 heteroatoms. The maximum Gasteiger partial charge on any atom is 0.342 e. The van der Waals surface area contributed by atoms with E-state index in [0.29, 0.717) is 51.2 Å². The summed E-state index contributed by atoms with van der Waals surface area (Å²) < 4.78 is 12.0. The second-order valence-corrected chi connectivity index (χ2v) is 9.09. The van der Waals surface area contributed by atoms with E-state index < -0.39 is 18.5 Å². The van der Waals surface area contributed by atoms with Crippen molar-refractivity contribution in [2.24, 2.45) is 0 Å². The Morgan fingerprint density at radius 1 is 0.897 bits per heavy atom. The second kappa shape index (κ2) is 12.3. The number of benzene rings is 3. The minimum absolute atomic E-state index is 0.298. The van der Waals surface area contributed by atoms with Crippen molar-refractivity contribution in [1.29, 1.82) is 0 Å². The highest BCUT2D eigenvalue weighted by atomic mass is 35.5. The maximum atomic E-state index is 12.7. The van der Waals surface area contributed by atoms with Gasteiger partial charge in [-0.1, -0.05) is 29.8 Å². The molecule has 1 heterocycles. The molecular formula is C29H27ClN4O5. The van der Waals surface area contributed by atoms with Crippen LogP contribution in [0.4, 0.5) is 11.4 Å². The van der Waals surface area contributed by atoms with Crippen LogP contribution in [0, 0.1) is 13.8 Å². The molecule has 1 aromatic heterocycles. The summed E-state index contributed by atoms with van der Waals surface area (Å²) in [7, 11) is 1.57. The van der Waals surface area contributed by atoms with Crippen LogP contribution in [-0.4, -0.2) is 41.3 Å². The lowest BCUT2D eigenvalue weighted by atomic mass is 10.2.